The van der Waals surface area contributed by atoms with Crippen LogP contribution in [0.4, 0.5) is 5.88 Å². The van der Waals surface area contributed by atoms with E-state index in [0.717, 1.165) is 30.5 Å². The third-order valence-electron chi connectivity index (χ3n) is 2.26. The normalized spacial score (nSPS) is 17.1. The molecule has 3 nitrogen and oxygen atoms in total. The molecule has 0 amide bonds. The summed E-state index contributed by atoms with van der Waals surface area (Å²) >= 11 is 1.96. The molecule has 0 spiro atoms. The topological polar surface area (TPSA) is 33.5 Å². The summed E-state index contributed by atoms with van der Waals surface area (Å²) in [6.45, 7) is 3.54. The fourth-order valence-corrected chi connectivity index (χ4v) is 2.37. The highest BCUT2D eigenvalue weighted by Gasteiger charge is 2.15. The zero-order valence-electron chi connectivity index (χ0n) is 8.16. The number of furan rings is 1. The summed E-state index contributed by atoms with van der Waals surface area (Å²) in [5.41, 5.74) is 0. The number of hydrogen-bond donors (Lipinski definition) is 0. The number of carbonyl (C=O) groups excluding carboxylic acids is 1. The molecule has 1 saturated heterocycles. The Morgan fingerprint density at radius 3 is 2.71 bits per heavy atom. The van der Waals surface area contributed by atoms with Crippen LogP contribution in [0, 0.1) is 0 Å². The molecule has 0 unspecified atom stereocenters. The molecule has 0 aliphatic carbocycles. The lowest BCUT2D eigenvalue weighted by Gasteiger charge is -2.25. The molecule has 2 heterocycles. The van der Waals surface area contributed by atoms with Crippen molar-refractivity contribution in [3.63, 3.8) is 0 Å². The summed E-state index contributed by atoms with van der Waals surface area (Å²) in [6, 6.07) is 3.63. The van der Waals surface area contributed by atoms with Crippen LogP contribution < -0.4 is 4.90 Å². The van der Waals surface area contributed by atoms with Crippen molar-refractivity contribution >= 4 is 23.4 Å². The SMILES string of the molecule is CC(=O)c1ccc(N2CCSCC2)o1. The monoisotopic (exact) mass is 211 g/mol. The van der Waals surface area contributed by atoms with Crippen LogP contribution in [0.5, 0.6) is 0 Å². The first-order valence-corrected chi connectivity index (χ1v) is 5.86. The van der Waals surface area contributed by atoms with E-state index in [4.69, 9.17) is 4.42 Å². The number of anilines is 1. The Bertz CT molecular complexity index is 329. The lowest BCUT2D eigenvalue weighted by molar-refractivity contribution is 0.0988. The van der Waals surface area contributed by atoms with E-state index in [0.29, 0.717) is 5.76 Å². The fourth-order valence-electron chi connectivity index (χ4n) is 1.47. The standard InChI is InChI=1S/C10H13NO2S/c1-8(12)9-2-3-10(13-9)11-4-6-14-7-5-11/h2-3H,4-7H2,1H3. The summed E-state index contributed by atoms with van der Waals surface area (Å²) in [7, 11) is 0. The number of nitrogens with zero attached hydrogens (tertiary/aromatic N) is 1. The molecule has 0 radical (unpaired) electrons. The fraction of sp³-hybridized carbons (Fsp3) is 0.500. The quantitative estimate of drug-likeness (QED) is 0.701. The first kappa shape index (κ1) is 9.65. The van der Waals surface area contributed by atoms with Crippen molar-refractivity contribution in [2.24, 2.45) is 0 Å². The predicted octanol–water partition coefficient (Wildman–Crippen LogP) is 2.04. The molecule has 0 aromatic carbocycles. The minimum Gasteiger partial charge on any atom is -0.437 e. The van der Waals surface area contributed by atoms with E-state index in [9.17, 15) is 4.79 Å². The van der Waals surface area contributed by atoms with E-state index >= 15 is 0 Å². The summed E-state index contributed by atoms with van der Waals surface area (Å²) in [6.07, 6.45) is 0. The number of Topliss-reactive ketones (excluding diaryl/α,β-unsaturated/α-hetero) is 1. The molecule has 1 aromatic rings. The van der Waals surface area contributed by atoms with Gasteiger partial charge in [-0.1, -0.05) is 0 Å². The van der Waals surface area contributed by atoms with Crippen molar-refractivity contribution in [2.45, 2.75) is 6.92 Å². The van der Waals surface area contributed by atoms with Crippen LogP contribution in [0.1, 0.15) is 17.5 Å². The van der Waals surface area contributed by atoms with E-state index in [1.165, 1.54) is 6.92 Å². The molecule has 14 heavy (non-hydrogen) atoms. The van der Waals surface area contributed by atoms with E-state index < -0.39 is 0 Å². The summed E-state index contributed by atoms with van der Waals surface area (Å²) in [5.74, 6) is 3.54. The van der Waals surface area contributed by atoms with Crippen LogP contribution in [-0.2, 0) is 0 Å². The highest BCUT2D eigenvalue weighted by molar-refractivity contribution is 7.99. The Morgan fingerprint density at radius 2 is 2.14 bits per heavy atom. The minimum atomic E-state index is -0.0114. The van der Waals surface area contributed by atoms with Gasteiger partial charge in [-0.15, -0.1) is 0 Å². The zero-order chi connectivity index (χ0) is 9.97. The van der Waals surface area contributed by atoms with Crippen molar-refractivity contribution in [3.8, 4) is 0 Å². The molecule has 0 bridgehead atoms. The maximum absolute atomic E-state index is 11.0. The van der Waals surface area contributed by atoms with Gasteiger partial charge in [0.25, 0.3) is 0 Å². The Labute approximate surface area is 87.5 Å². The molecular weight excluding hydrogens is 198 g/mol. The van der Waals surface area contributed by atoms with Crippen LogP contribution in [0.2, 0.25) is 0 Å². The van der Waals surface area contributed by atoms with Gasteiger partial charge in [-0.2, -0.15) is 11.8 Å². The molecule has 0 N–H and O–H groups in total. The van der Waals surface area contributed by atoms with Crippen LogP contribution >= 0.6 is 11.8 Å². The first-order valence-electron chi connectivity index (χ1n) is 4.71. The molecule has 1 aromatic heterocycles. The minimum absolute atomic E-state index is 0.0114. The van der Waals surface area contributed by atoms with Gasteiger partial charge in [-0.3, -0.25) is 4.79 Å². The van der Waals surface area contributed by atoms with Crippen LogP contribution in [0.3, 0.4) is 0 Å². The van der Waals surface area contributed by atoms with Gasteiger partial charge in [-0.05, 0) is 6.07 Å². The summed E-state index contributed by atoms with van der Waals surface area (Å²) in [4.78, 5) is 13.2. The van der Waals surface area contributed by atoms with Gasteiger partial charge in [0.1, 0.15) is 0 Å². The third-order valence-corrected chi connectivity index (χ3v) is 3.20. The summed E-state index contributed by atoms with van der Waals surface area (Å²) in [5, 5.41) is 0. The second kappa shape index (κ2) is 4.09. The predicted molar refractivity (Wildman–Crippen MR) is 58.3 cm³/mol. The maximum atomic E-state index is 11.0. The van der Waals surface area contributed by atoms with Crippen LogP contribution in [-0.4, -0.2) is 30.4 Å². The summed E-state index contributed by atoms with van der Waals surface area (Å²) < 4.78 is 5.45. The van der Waals surface area contributed by atoms with E-state index in [1.807, 2.05) is 17.8 Å². The Morgan fingerprint density at radius 1 is 1.43 bits per heavy atom. The molecule has 4 heteroatoms. The average Bonchev–Trinajstić information content (AvgIpc) is 2.68. The molecule has 0 saturated carbocycles. The maximum Gasteiger partial charge on any atom is 0.196 e. The van der Waals surface area contributed by atoms with Crippen molar-refractivity contribution in [1.29, 1.82) is 0 Å². The molecule has 1 aliphatic heterocycles. The highest BCUT2D eigenvalue weighted by Crippen LogP contribution is 2.22. The molecule has 1 aliphatic rings. The Hall–Kier alpha value is -0.900. The largest absolute Gasteiger partial charge is 0.437 e. The van der Waals surface area contributed by atoms with Crippen molar-refractivity contribution < 1.29 is 9.21 Å². The van der Waals surface area contributed by atoms with Crippen molar-refractivity contribution in [3.05, 3.63) is 17.9 Å². The van der Waals surface area contributed by atoms with Gasteiger partial charge in [0.2, 0.25) is 0 Å². The van der Waals surface area contributed by atoms with Crippen LogP contribution in [0.25, 0.3) is 0 Å². The van der Waals surface area contributed by atoms with Gasteiger partial charge < -0.3 is 9.32 Å². The second-order valence-corrected chi connectivity index (χ2v) is 4.52. The lowest BCUT2D eigenvalue weighted by Crippen LogP contribution is -2.31. The van der Waals surface area contributed by atoms with Gasteiger partial charge >= 0.3 is 0 Å². The number of hydrogen-bond acceptors (Lipinski definition) is 4. The molecule has 2 rings (SSSR count). The Kier molecular flexibility index (Phi) is 2.82. The van der Waals surface area contributed by atoms with Gasteiger partial charge in [0.15, 0.2) is 17.4 Å². The van der Waals surface area contributed by atoms with Gasteiger partial charge in [0.05, 0.1) is 0 Å². The van der Waals surface area contributed by atoms with Crippen molar-refractivity contribution in [1.82, 2.24) is 0 Å². The second-order valence-electron chi connectivity index (χ2n) is 3.29. The average molecular weight is 211 g/mol. The molecule has 1 fully saturated rings. The number of thioether (sulfide) groups is 1. The number of carbonyl (C=O) groups is 1. The number of ketones is 1. The van der Waals surface area contributed by atoms with E-state index in [2.05, 4.69) is 4.90 Å². The Balaban J connectivity index is 2.11. The van der Waals surface area contributed by atoms with E-state index in [-0.39, 0.29) is 5.78 Å². The first-order chi connectivity index (χ1) is 6.77. The van der Waals surface area contributed by atoms with Crippen LogP contribution in [0.15, 0.2) is 16.5 Å². The van der Waals surface area contributed by atoms with Gasteiger partial charge in [0, 0.05) is 37.6 Å². The molecule has 0 atom stereocenters. The highest BCUT2D eigenvalue weighted by atomic mass is 32.2. The van der Waals surface area contributed by atoms with Gasteiger partial charge in [-0.25, -0.2) is 0 Å². The van der Waals surface area contributed by atoms with E-state index in [1.54, 1.807) is 6.07 Å². The smallest absolute Gasteiger partial charge is 0.196 e. The molecule has 76 valence electrons. The molecular formula is C10H13NO2S. The third kappa shape index (κ3) is 1.95. The number of rotatable bonds is 2. The zero-order valence-corrected chi connectivity index (χ0v) is 8.97. The lowest BCUT2D eigenvalue weighted by atomic mass is 10.3. The van der Waals surface area contributed by atoms with Crippen molar-refractivity contribution in [2.75, 3.05) is 29.5 Å².